The fourth-order valence-electron chi connectivity index (χ4n) is 5.63. The molecule has 0 aromatic heterocycles. The molecule has 2 aromatic carbocycles. The Kier molecular flexibility index (Phi) is 14.1. The number of ketones is 1. The van der Waals surface area contributed by atoms with Crippen molar-refractivity contribution in [2.24, 2.45) is 0 Å². The second-order valence-corrected chi connectivity index (χ2v) is 11.5. The summed E-state index contributed by atoms with van der Waals surface area (Å²) in [7, 11) is 2.08. The summed E-state index contributed by atoms with van der Waals surface area (Å²) in [6.07, 6.45) is 12.8. The van der Waals surface area contributed by atoms with E-state index in [1.165, 1.54) is 50.7 Å². The molecule has 0 spiro atoms. The number of carbonyl (C=O) groups excluding carboxylic acids is 2. The molecule has 6 nitrogen and oxygen atoms in total. The molecule has 0 atom stereocenters. The highest BCUT2D eigenvalue weighted by Gasteiger charge is 2.18. The van der Waals surface area contributed by atoms with E-state index in [-0.39, 0.29) is 11.6 Å². The Morgan fingerprint density at radius 2 is 1.46 bits per heavy atom. The molecule has 0 radical (unpaired) electrons. The summed E-state index contributed by atoms with van der Waals surface area (Å²) in [5.74, 6) is -0.181. The maximum absolute atomic E-state index is 13.2. The number of amides is 1. The van der Waals surface area contributed by atoms with E-state index in [1.54, 1.807) is 11.8 Å². The second-order valence-electron chi connectivity index (χ2n) is 11.5. The van der Waals surface area contributed by atoms with E-state index >= 15 is 0 Å². The summed E-state index contributed by atoms with van der Waals surface area (Å²) < 4.78 is 13.2. The lowest BCUT2D eigenvalue weighted by molar-refractivity contribution is -0.107. The van der Waals surface area contributed by atoms with E-state index in [0.29, 0.717) is 12.1 Å². The Hall–Kier alpha value is -2.93. The summed E-state index contributed by atoms with van der Waals surface area (Å²) in [6, 6.07) is 12.5. The quantitative estimate of drug-likeness (QED) is 0.102. The van der Waals surface area contributed by atoms with E-state index in [1.807, 2.05) is 30.3 Å². The van der Waals surface area contributed by atoms with Crippen LogP contribution in [-0.2, 0) is 4.79 Å². The molecule has 1 fully saturated rings. The Morgan fingerprint density at radius 1 is 0.829 bits per heavy atom. The largest absolute Gasteiger partial charge is 0.373 e. The molecule has 1 heterocycles. The zero-order chi connectivity index (χ0) is 29.5. The minimum absolute atomic E-state index is 0.0120. The molecule has 0 aliphatic carbocycles. The molecule has 0 bridgehead atoms. The third-order valence-corrected chi connectivity index (χ3v) is 8.26. The van der Waals surface area contributed by atoms with Gasteiger partial charge >= 0.3 is 0 Å². The van der Waals surface area contributed by atoms with Gasteiger partial charge < -0.3 is 14.7 Å². The molecule has 226 valence electrons. The first-order valence-corrected chi connectivity index (χ1v) is 15.7. The first-order chi connectivity index (χ1) is 19.9. The van der Waals surface area contributed by atoms with Crippen LogP contribution in [0.2, 0.25) is 0 Å². The number of benzene rings is 2. The molecule has 1 aliphatic rings. The summed E-state index contributed by atoms with van der Waals surface area (Å²) in [5.41, 5.74) is 3.55. The molecule has 0 N–H and O–H groups in total. The van der Waals surface area contributed by atoms with Gasteiger partial charge in [-0.3, -0.25) is 14.5 Å². The first-order valence-electron chi connectivity index (χ1n) is 15.7. The molecule has 1 amide bonds. The predicted octanol–water partition coefficient (Wildman–Crippen LogP) is 7.17. The van der Waals surface area contributed by atoms with Crippen molar-refractivity contribution in [3.05, 3.63) is 53.8 Å². The first kappa shape index (κ1) is 32.6. The van der Waals surface area contributed by atoms with Gasteiger partial charge in [0.05, 0.1) is 11.4 Å². The summed E-state index contributed by atoms with van der Waals surface area (Å²) in [5, 5.41) is 0. The number of halogens is 1. The normalized spacial score (nSPS) is 13.8. The van der Waals surface area contributed by atoms with Gasteiger partial charge in [-0.2, -0.15) is 0 Å². The van der Waals surface area contributed by atoms with Crippen molar-refractivity contribution >= 4 is 29.3 Å². The van der Waals surface area contributed by atoms with E-state index in [0.717, 1.165) is 88.4 Å². The number of nitrogens with zero attached hydrogens (tertiary/aromatic N) is 4. The van der Waals surface area contributed by atoms with E-state index in [4.69, 9.17) is 0 Å². The topological polar surface area (TPSA) is 47.1 Å². The SMILES string of the molecule is CCCCCCCCCCN(C=O)c1cc(C(C)=O)ccc1N(C)CCCCN1CCN(c2ccc(F)cc2)CC1. The van der Waals surface area contributed by atoms with Gasteiger partial charge in [0.2, 0.25) is 6.41 Å². The number of rotatable bonds is 19. The maximum atomic E-state index is 13.2. The smallest absolute Gasteiger partial charge is 0.214 e. The second kappa shape index (κ2) is 17.8. The summed E-state index contributed by atoms with van der Waals surface area (Å²) >= 11 is 0. The lowest BCUT2D eigenvalue weighted by Gasteiger charge is -2.36. The molecule has 7 heteroatoms. The number of anilines is 3. The highest BCUT2D eigenvalue weighted by Crippen LogP contribution is 2.30. The highest BCUT2D eigenvalue weighted by molar-refractivity contribution is 5.97. The lowest BCUT2D eigenvalue weighted by atomic mass is 10.1. The van der Waals surface area contributed by atoms with E-state index in [9.17, 15) is 14.0 Å². The van der Waals surface area contributed by atoms with Crippen LogP contribution in [0, 0.1) is 5.82 Å². The average Bonchev–Trinajstić information content (AvgIpc) is 2.99. The monoisotopic (exact) mass is 566 g/mol. The predicted molar refractivity (Wildman–Crippen MR) is 170 cm³/mol. The molecular weight excluding hydrogens is 515 g/mol. The molecule has 2 aromatic rings. The third-order valence-electron chi connectivity index (χ3n) is 8.26. The van der Waals surface area contributed by atoms with Crippen LogP contribution in [0.15, 0.2) is 42.5 Å². The van der Waals surface area contributed by atoms with Crippen molar-refractivity contribution in [2.45, 2.75) is 78.1 Å². The van der Waals surface area contributed by atoms with Crippen molar-refractivity contribution in [3.63, 3.8) is 0 Å². The Labute approximate surface area is 247 Å². The van der Waals surface area contributed by atoms with Crippen LogP contribution in [0.25, 0.3) is 0 Å². The molecule has 3 rings (SSSR count). The number of hydrogen-bond donors (Lipinski definition) is 0. The highest BCUT2D eigenvalue weighted by atomic mass is 19.1. The number of hydrogen-bond acceptors (Lipinski definition) is 5. The molecule has 1 aliphatic heterocycles. The minimum atomic E-state index is -0.193. The van der Waals surface area contributed by atoms with Gasteiger partial charge in [0.25, 0.3) is 0 Å². The van der Waals surface area contributed by atoms with Gasteiger partial charge in [-0.25, -0.2) is 4.39 Å². The van der Waals surface area contributed by atoms with Crippen molar-refractivity contribution in [2.75, 3.05) is 67.6 Å². The van der Waals surface area contributed by atoms with Gasteiger partial charge in [-0.1, -0.05) is 51.9 Å². The number of carbonyl (C=O) groups is 2. The fraction of sp³-hybridized carbons (Fsp3) is 0.588. The van der Waals surface area contributed by atoms with Gasteiger partial charge in [0.15, 0.2) is 5.78 Å². The van der Waals surface area contributed by atoms with Gasteiger partial charge in [0.1, 0.15) is 5.82 Å². The summed E-state index contributed by atoms with van der Waals surface area (Å²) in [4.78, 5) is 33.1. The van der Waals surface area contributed by atoms with Crippen molar-refractivity contribution in [1.29, 1.82) is 0 Å². The Balaban J connectivity index is 1.46. The third kappa shape index (κ3) is 10.8. The van der Waals surface area contributed by atoms with Crippen LogP contribution in [0.3, 0.4) is 0 Å². The van der Waals surface area contributed by atoms with Crippen LogP contribution in [-0.4, -0.2) is 70.0 Å². The maximum Gasteiger partial charge on any atom is 0.214 e. The van der Waals surface area contributed by atoms with E-state index in [2.05, 4.69) is 28.7 Å². The zero-order valence-corrected chi connectivity index (χ0v) is 25.6. The van der Waals surface area contributed by atoms with Crippen LogP contribution < -0.4 is 14.7 Å². The van der Waals surface area contributed by atoms with Crippen molar-refractivity contribution < 1.29 is 14.0 Å². The lowest BCUT2D eigenvalue weighted by Crippen LogP contribution is -2.46. The standard InChI is InChI=1S/C34H51FN4O2/c1-4-5-6-7-8-9-10-11-22-39(28-40)34-27-30(29(2)41)14-19-33(34)36(3)20-12-13-21-37-23-25-38(26-24-37)32-17-15-31(35)16-18-32/h14-19,27-28H,4-13,20-26H2,1-3H3. The minimum Gasteiger partial charge on any atom is -0.373 e. The van der Waals surface area contributed by atoms with Crippen LogP contribution in [0.1, 0.15) is 88.4 Å². The molecule has 41 heavy (non-hydrogen) atoms. The van der Waals surface area contributed by atoms with Gasteiger partial charge in [-0.15, -0.1) is 0 Å². The molecule has 1 saturated heterocycles. The van der Waals surface area contributed by atoms with Gasteiger partial charge in [0, 0.05) is 57.6 Å². The Bertz CT molecular complexity index is 1050. The summed E-state index contributed by atoms with van der Waals surface area (Å²) in [6.45, 7) is 10.4. The molecule has 0 saturated carbocycles. The van der Waals surface area contributed by atoms with Crippen LogP contribution >= 0.6 is 0 Å². The Morgan fingerprint density at radius 3 is 2.10 bits per heavy atom. The molecule has 0 unspecified atom stereocenters. The van der Waals surface area contributed by atoms with E-state index < -0.39 is 0 Å². The average molecular weight is 567 g/mol. The molecular formula is C34H51FN4O2. The fourth-order valence-corrected chi connectivity index (χ4v) is 5.63. The van der Waals surface area contributed by atoms with Crippen molar-refractivity contribution in [3.8, 4) is 0 Å². The van der Waals surface area contributed by atoms with Crippen molar-refractivity contribution in [1.82, 2.24) is 4.90 Å². The van der Waals surface area contributed by atoms with Crippen LogP contribution in [0.4, 0.5) is 21.5 Å². The number of piperazine rings is 1. The number of unbranched alkanes of at least 4 members (excludes halogenated alkanes) is 8. The number of Topliss-reactive ketones (excluding diaryl/α,β-unsaturated/α-hetero) is 1. The van der Waals surface area contributed by atoms with Gasteiger partial charge in [-0.05, 0) is 75.2 Å². The van der Waals surface area contributed by atoms with Crippen LogP contribution in [0.5, 0.6) is 0 Å². The zero-order valence-electron chi connectivity index (χ0n) is 25.6.